The minimum absolute atomic E-state index is 0.193. The maximum atomic E-state index is 11.7. The highest BCUT2D eigenvalue weighted by Crippen LogP contribution is 2.16. The second-order valence-electron chi connectivity index (χ2n) is 3.21. The van der Waals surface area contributed by atoms with Crippen LogP contribution in [-0.2, 0) is 6.54 Å². The number of carbonyl (C=O) groups excluding carboxylic acids is 1. The van der Waals surface area contributed by atoms with Crippen molar-refractivity contribution in [1.82, 2.24) is 25.5 Å². The van der Waals surface area contributed by atoms with E-state index in [1.54, 1.807) is 0 Å². The second kappa shape index (κ2) is 4.79. The van der Waals surface area contributed by atoms with Gasteiger partial charge >= 0.3 is 0 Å². The zero-order chi connectivity index (χ0) is 12.3. The Morgan fingerprint density at radius 1 is 1.53 bits per heavy atom. The number of rotatable bonds is 3. The number of aromatic nitrogens is 4. The predicted octanol–water partition coefficient (Wildman–Crippen LogP) is 0.365. The Kier molecular flexibility index (Phi) is 3.20. The summed E-state index contributed by atoms with van der Waals surface area (Å²) in [7, 11) is 0. The van der Waals surface area contributed by atoms with Gasteiger partial charge in [0.25, 0.3) is 5.91 Å². The van der Waals surface area contributed by atoms with E-state index in [2.05, 4.69) is 25.5 Å². The van der Waals surface area contributed by atoms with Gasteiger partial charge in [0.1, 0.15) is 18.0 Å². The van der Waals surface area contributed by atoms with Crippen LogP contribution in [0.5, 0.6) is 0 Å². The third-order valence-corrected chi connectivity index (χ3v) is 2.32. The molecule has 0 atom stereocenters. The number of anilines is 1. The summed E-state index contributed by atoms with van der Waals surface area (Å²) in [4.78, 5) is 19.4. The number of nitrogens with zero attached hydrogens (tertiary/aromatic N) is 3. The summed E-state index contributed by atoms with van der Waals surface area (Å²) in [5, 5.41) is 9.17. The summed E-state index contributed by atoms with van der Waals surface area (Å²) in [6.45, 7) is 0.251. The monoisotopic (exact) mass is 252 g/mol. The molecule has 0 saturated heterocycles. The molecule has 0 spiro atoms. The number of nitrogens with two attached hydrogens (primary N) is 1. The van der Waals surface area contributed by atoms with E-state index in [9.17, 15) is 4.79 Å². The van der Waals surface area contributed by atoms with Crippen molar-refractivity contribution in [2.45, 2.75) is 6.54 Å². The van der Waals surface area contributed by atoms with Gasteiger partial charge in [-0.1, -0.05) is 11.6 Å². The smallest absolute Gasteiger partial charge is 0.253 e. The van der Waals surface area contributed by atoms with Gasteiger partial charge in [-0.05, 0) is 6.07 Å². The molecule has 8 heteroatoms. The van der Waals surface area contributed by atoms with Crippen LogP contribution >= 0.6 is 11.6 Å². The molecule has 2 heterocycles. The molecule has 0 aromatic carbocycles. The fourth-order valence-corrected chi connectivity index (χ4v) is 1.32. The molecule has 7 nitrogen and oxygen atoms in total. The molecule has 2 aromatic heterocycles. The molecule has 0 aliphatic heterocycles. The number of nitrogens with one attached hydrogen (secondary N) is 2. The maximum absolute atomic E-state index is 11.7. The van der Waals surface area contributed by atoms with Crippen LogP contribution < -0.4 is 11.1 Å². The molecule has 0 unspecified atom stereocenters. The molecule has 0 fully saturated rings. The summed E-state index contributed by atoms with van der Waals surface area (Å²) >= 11 is 5.76. The van der Waals surface area contributed by atoms with Crippen LogP contribution in [0, 0.1) is 0 Å². The fourth-order valence-electron chi connectivity index (χ4n) is 1.15. The third kappa shape index (κ3) is 2.70. The van der Waals surface area contributed by atoms with Crippen molar-refractivity contribution >= 4 is 23.3 Å². The molecular weight excluding hydrogens is 244 g/mol. The van der Waals surface area contributed by atoms with Crippen molar-refractivity contribution in [2.75, 3.05) is 5.73 Å². The van der Waals surface area contributed by atoms with E-state index >= 15 is 0 Å². The van der Waals surface area contributed by atoms with Gasteiger partial charge in [-0.25, -0.2) is 9.97 Å². The van der Waals surface area contributed by atoms with Gasteiger partial charge in [0.2, 0.25) is 0 Å². The first-order valence-corrected chi connectivity index (χ1v) is 5.08. The Morgan fingerprint density at radius 3 is 3.00 bits per heavy atom. The average Bonchev–Trinajstić information content (AvgIpc) is 2.82. The molecule has 17 heavy (non-hydrogen) atoms. The number of hydrogen-bond acceptors (Lipinski definition) is 5. The van der Waals surface area contributed by atoms with Crippen LogP contribution in [0.25, 0.3) is 0 Å². The standard InChI is InChI=1S/C9H9ClN6O/c10-6-1-5(2-12-8(6)11)9(17)13-3-7-14-4-15-16-7/h1-2,4H,3H2,(H2,11,12)(H,13,17)(H,14,15,16). The molecule has 0 bridgehead atoms. The van der Waals surface area contributed by atoms with Gasteiger partial charge in [0, 0.05) is 6.20 Å². The first-order valence-electron chi connectivity index (χ1n) is 4.70. The van der Waals surface area contributed by atoms with Crippen LogP contribution in [0.4, 0.5) is 5.82 Å². The quantitative estimate of drug-likeness (QED) is 0.731. The van der Waals surface area contributed by atoms with E-state index in [1.807, 2.05) is 0 Å². The second-order valence-corrected chi connectivity index (χ2v) is 3.61. The number of halogens is 1. The molecule has 0 aliphatic rings. The summed E-state index contributed by atoms with van der Waals surface area (Å²) in [6, 6.07) is 1.46. The van der Waals surface area contributed by atoms with Crippen molar-refractivity contribution in [3.8, 4) is 0 Å². The van der Waals surface area contributed by atoms with E-state index in [4.69, 9.17) is 17.3 Å². The molecule has 88 valence electrons. The van der Waals surface area contributed by atoms with Crippen molar-refractivity contribution in [2.24, 2.45) is 0 Å². The molecule has 2 aromatic rings. The van der Waals surface area contributed by atoms with Gasteiger partial charge < -0.3 is 11.1 Å². The van der Waals surface area contributed by atoms with Crippen LogP contribution in [0.1, 0.15) is 16.2 Å². The summed E-state index contributed by atoms with van der Waals surface area (Å²) in [5.41, 5.74) is 5.78. The predicted molar refractivity (Wildman–Crippen MR) is 61.2 cm³/mol. The van der Waals surface area contributed by atoms with E-state index in [0.29, 0.717) is 11.4 Å². The molecule has 0 saturated carbocycles. The Hall–Kier alpha value is -2.15. The molecular formula is C9H9ClN6O. The summed E-state index contributed by atoms with van der Waals surface area (Å²) < 4.78 is 0. The first-order chi connectivity index (χ1) is 8.16. The minimum atomic E-state index is -0.309. The van der Waals surface area contributed by atoms with E-state index < -0.39 is 0 Å². The lowest BCUT2D eigenvalue weighted by Crippen LogP contribution is -2.23. The van der Waals surface area contributed by atoms with Gasteiger partial charge in [-0.2, -0.15) is 5.10 Å². The lowest BCUT2D eigenvalue weighted by molar-refractivity contribution is 0.0949. The zero-order valence-electron chi connectivity index (χ0n) is 8.64. The van der Waals surface area contributed by atoms with Crippen LogP contribution in [0.15, 0.2) is 18.6 Å². The van der Waals surface area contributed by atoms with Gasteiger partial charge in [-0.15, -0.1) is 0 Å². The fraction of sp³-hybridized carbons (Fsp3) is 0.111. The third-order valence-electron chi connectivity index (χ3n) is 2.01. The van der Waals surface area contributed by atoms with Gasteiger partial charge in [-0.3, -0.25) is 9.89 Å². The topological polar surface area (TPSA) is 110 Å². The number of aromatic amines is 1. The average molecular weight is 253 g/mol. The number of amides is 1. The molecule has 4 N–H and O–H groups in total. The summed E-state index contributed by atoms with van der Waals surface area (Å²) in [6.07, 6.45) is 2.72. The van der Waals surface area contributed by atoms with E-state index in [-0.39, 0.29) is 23.3 Å². The van der Waals surface area contributed by atoms with Crippen molar-refractivity contribution in [1.29, 1.82) is 0 Å². The number of pyridine rings is 1. The molecule has 2 rings (SSSR count). The highest BCUT2D eigenvalue weighted by molar-refractivity contribution is 6.33. The molecule has 0 radical (unpaired) electrons. The largest absolute Gasteiger partial charge is 0.382 e. The number of nitrogen functional groups attached to an aromatic ring is 1. The SMILES string of the molecule is Nc1ncc(C(=O)NCc2ncn[nH]2)cc1Cl. The van der Waals surface area contributed by atoms with Crippen molar-refractivity contribution < 1.29 is 4.79 Å². The Morgan fingerprint density at radius 2 is 2.35 bits per heavy atom. The van der Waals surface area contributed by atoms with E-state index in [0.717, 1.165) is 0 Å². The highest BCUT2D eigenvalue weighted by atomic mass is 35.5. The Bertz CT molecular complexity index is 526. The lowest BCUT2D eigenvalue weighted by Gasteiger charge is -2.04. The van der Waals surface area contributed by atoms with Crippen LogP contribution in [0.3, 0.4) is 0 Å². The number of H-pyrrole nitrogens is 1. The highest BCUT2D eigenvalue weighted by Gasteiger charge is 2.08. The zero-order valence-corrected chi connectivity index (χ0v) is 9.40. The maximum Gasteiger partial charge on any atom is 0.253 e. The van der Waals surface area contributed by atoms with Crippen LogP contribution in [0.2, 0.25) is 5.02 Å². The normalized spacial score (nSPS) is 10.2. The number of hydrogen-bond donors (Lipinski definition) is 3. The molecule has 0 aliphatic carbocycles. The minimum Gasteiger partial charge on any atom is -0.382 e. The summed E-state index contributed by atoms with van der Waals surface area (Å²) in [5.74, 6) is 0.446. The molecule has 1 amide bonds. The van der Waals surface area contributed by atoms with Crippen molar-refractivity contribution in [3.05, 3.63) is 35.0 Å². The number of carbonyl (C=O) groups is 1. The van der Waals surface area contributed by atoms with Gasteiger partial charge in [0.05, 0.1) is 17.1 Å². The van der Waals surface area contributed by atoms with Crippen molar-refractivity contribution in [3.63, 3.8) is 0 Å². The lowest BCUT2D eigenvalue weighted by atomic mass is 10.2. The van der Waals surface area contributed by atoms with E-state index in [1.165, 1.54) is 18.6 Å². The Balaban J connectivity index is 2.02. The van der Waals surface area contributed by atoms with Gasteiger partial charge in [0.15, 0.2) is 0 Å². The Labute approximate surface area is 101 Å². The first kappa shape index (κ1) is 11.3. The van der Waals surface area contributed by atoms with Crippen LogP contribution in [-0.4, -0.2) is 26.1 Å².